The summed E-state index contributed by atoms with van der Waals surface area (Å²) >= 11 is 0. The molecule has 5 heteroatoms. The summed E-state index contributed by atoms with van der Waals surface area (Å²) in [6, 6.07) is 24.0. The maximum absolute atomic E-state index is 11.8. The molecule has 0 aliphatic heterocycles. The smallest absolute Gasteiger partial charge is 0.311 e. The summed E-state index contributed by atoms with van der Waals surface area (Å²) in [5.41, 5.74) is 1.40. The molecule has 3 aromatic carbocycles. The van der Waals surface area contributed by atoms with E-state index in [2.05, 4.69) is 17.2 Å². The molecule has 0 saturated carbocycles. The van der Waals surface area contributed by atoms with Crippen molar-refractivity contribution in [3.8, 4) is 17.2 Å². The third kappa shape index (κ3) is 6.88. The van der Waals surface area contributed by atoms with E-state index in [1.54, 1.807) is 24.3 Å². The van der Waals surface area contributed by atoms with Gasteiger partial charge in [-0.1, -0.05) is 38.0 Å². The Morgan fingerprint density at radius 1 is 0.724 bits per heavy atom. The normalized spacial score (nSPS) is 10.8. The first-order valence-corrected chi connectivity index (χ1v) is 9.78. The second-order valence-corrected chi connectivity index (χ2v) is 6.53. The Balaban J connectivity index is 1.52. The summed E-state index contributed by atoms with van der Waals surface area (Å²) in [6.07, 6.45) is 3.42. The first kappa shape index (κ1) is 20.3. The molecule has 0 atom stereocenters. The lowest BCUT2D eigenvalue weighted by Crippen LogP contribution is -2.07. The zero-order valence-corrected chi connectivity index (χ0v) is 16.5. The van der Waals surface area contributed by atoms with Crippen LogP contribution in [0.5, 0.6) is 17.2 Å². The number of unbranched alkanes of at least 4 members (excludes halogenated alkanes) is 2. The van der Waals surface area contributed by atoms with Gasteiger partial charge in [0.15, 0.2) is 0 Å². The molecule has 5 nitrogen and oxygen atoms in total. The molecule has 0 unspecified atom stereocenters. The van der Waals surface area contributed by atoms with Crippen LogP contribution in [-0.4, -0.2) is 5.97 Å². The largest absolute Gasteiger partial charge is 0.457 e. The highest BCUT2D eigenvalue weighted by Crippen LogP contribution is 2.25. The van der Waals surface area contributed by atoms with Gasteiger partial charge < -0.3 is 9.47 Å². The molecule has 0 bridgehead atoms. The zero-order valence-electron chi connectivity index (χ0n) is 16.5. The Morgan fingerprint density at radius 3 is 1.86 bits per heavy atom. The van der Waals surface area contributed by atoms with Crippen molar-refractivity contribution >= 4 is 17.3 Å². The highest BCUT2D eigenvalue weighted by molar-refractivity contribution is 5.72. The van der Waals surface area contributed by atoms with Gasteiger partial charge in [-0.05, 0) is 67.1 Å². The number of azo groups is 1. The lowest BCUT2D eigenvalue weighted by Gasteiger charge is -2.05. The monoisotopic (exact) mass is 388 g/mol. The molecule has 0 amide bonds. The molecule has 0 saturated heterocycles. The maximum atomic E-state index is 11.8. The van der Waals surface area contributed by atoms with Crippen molar-refractivity contribution in [2.75, 3.05) is 0 Å². The molecule has 0 aliphatic carbocycles. The summed E-state index contributed by atoms with van der Waals surface area (Å²) in [4.78, 5) is 11.8. The summed E-state index contributed by atoms with van der Waals surface area (Å²) in [6.45, 7) is 2.10. The molecular formula is C24H24N2O3. The van der Waals surface area contributed by atoms with E-state index in [1.165, 1.54) is 0 Å². The molecule has 0 aromatic heterocycles. The fraction of sp³-hybridized carbons (Fsp3) is 0.208. The van der Waals surface area contributed by atoms with Crippen molar-refractivity contribution in [3.63, 3.8) is 0 Å². The standard InChI is InChI=1S/C24H24N2O3/c1-2-3-5-10-24(27)29-23-17-13-20(14-18-23)26-25-19-11-15-22(16-12-19)28-21-8-6-4-7-9-21/h4,6-9,11-18H,2-3,5,10H2,1H3. The molecule has 29 heavy (non-hydrogen) atoms. The van der Waals surface area contributed by atoms with Gasteiger partial charge in [-0.2, -0.15) is 10.2 Å². The minimum absolute atomic E-state index is 0.203. The van der Waals surface area contributed by atoms with Crippen LogP contribution >= 0.6 is 0 Å². The fourth-order valence-corrected chi connectivity index (χ4v) is 2.60. The van der Waals surface area contributed by atoms with Crippen molar-refractivity contribution in [3.05, 3.63) is 78.9 Å². The number of carbonyl (C=O) groups excluding carboxylic acids is 1. The van der Waals surface area contributed by atoms with Crippen LogP contribution in [0.15, 0.2) is 89.1 Å². The quantitative estimate of drug-likeness (QED) is 0.166. The van der Waals surface area contributed by atoms with E-state index in [0.717, 1.165) is 36.4 Å². The maximum Gasteiger partial charge on any atom is 0.311 e. The van der Waals surface area contributed by atoms with Gasteiger partial charge in [-0.15, -0.1) is 0 Å². The first-order valence-electron chi connectivity index (χ1n) is 9.78. The van der Waals surface area contributed by atoms with Gasteiger partial charge in [0, 0.05) is 6.42 Å². The average Bonchev–Trinajstić information content (AvgIpc) is 2.75. The van der Waals surface area contributed by atoms with Crippen molar-refractivity contribution in [2.45, 2.75) is 32.6 Å². The topological polar surface area (TPSA) is 60.2 Å². The zero-order chi connectivity index (χ0) is 20.3. The van der Waals surface area contributed by atoms with Crippen LogP contribution in [0.25, 0.3) is 0 Å². The number of ether oxygens (including phenoxy) is 2. The Bertz CT molecular complexity index is 921. The molecule has 0 radical (unpaired) electrons. The number of benzene rings is 3. The lowest BCUT2D eigenvalue weighted by molar-refractivity contribution is -0.134. The number of rotatable bonds is 9. The minimum atomic E-state index is -0.203. The number of hydrogen-bond donors (Lipinski definition) is 0. The van der Waals surface area contributed by atoms with Gasteiger partial charge in [0.25, 0.3) is 0 Å². The van der Waals surface area contributed by atoms with Crippen molar-refractivity contribution in [1.29, 1.82) is 0 Å². The highest BCUT2D eigenvalue weighted by atomic mass is 16.5. The van der Waals surface area contributed by atoms with Crippen LogP contribution in [0.3, 0.4) is 0 Å². The number of para-hydroxylation sites is 1. The summed E-state index contributed by atoms with van der Waals surface area (Å²) in [7, 11) is 0. The van der Waals surface area contributed by atoms with Crippen LogP contribution in [0.1, 0.15) is 32.6 Å². The van der Waals surface area contributed by atoms with Crippen molar-refractivity contribution in [2.24, 2.45) is 10.2 Å². The first-order chi connectivity index (χ1) is 14.2. The number of nitrogens with zero attached hydrogens (tertiary/aromatic N) is 2. The van der Waals surface area contributed by atoms with Gasteiger partial charge in [0.1, 0.15) is 17.2 Å². The Kier molecular flexibility index (Phi) is 7.52. The molecule has 0 spiro atoms. The molecule has 3 rings (SSSR count). The molecule has 0 aliphatic rings. The van der Waals surface area contributed by atoms with E-state index in [4.69, 9.17) is 9.47 Å². The van der Waals surface area contributed by atoms with Crippen LogP contribution in [0.4, 0.5) is 11.4 Å². The molecule has 148 valence electrons. The summed E-state index contributed by atoms with van der Waals surface area (Å²) < 4.78 is 11.1. The number of carbonyl (C=O) groups is 1. The van der Waals surface area contributed by atoms with Gasteiger partial charge >= 0.3 is 5.97 Å². The SMILES string of the molecule is CCCCCC(=O)Oc1ccc(N=Nc2ccc(Oc3ccccc3)cc2)cc1. The van der Waals surface area contributed by atoms with Gasteiger partial charge in [-0.3, -0.25) is 4.79 Å². The second-order valence-electron chi connectivity index (χ2n) is 6.53. The second kappa shape index (κ2) is 10.8. The van der Waals surface area contributed by atoms with Crippen LogP contribution < -0.4 is 9.47 Å². The summed E-state index contributed by atoms with van der Waals surface area (Å²) in [5.74, 6) is 1.84. The molecular weight excluding hydrogens is 364 g/mol. The fourth-order valence-electron chi connectivity index (χ4n) is 2.60. The predicted molar refractivity (Wildman–Crippen MR) is 113 cm³/mol. The number of hydrogen-bond acceptors (Lipinski definition) is 5. The number of esters is 1. The Morgan fingerprint density at radius 2 is 1.28 bits per heavy atom. The van der Waals surface area contributed by atoms with Crippen LogP contribution in [0, 0.1) is 0 Å². The lowest BCUT2D eigenvalue weighted by atomic mass is 10.2. The predicted octanol–water partition coefficient (Wildman–Crippen LogP) is 7.38. The third-order valence-corrected chi connectivity index (χ3v) is 4.15. The van der Waals surface area contributed by atoms with E-state index in [9.17, 15) is 4.79 Å². The molecule has 3 aromatic rings. The van der Waals surface area contributed by atoms with Crippen LogP contribution in [0.2, 0.25) is 0 Å². The Labute approximate surface area is 171 Å². The molecule has 0 heterocycles. The third-order valence-electron chi connectivity index (χ3n) is 4.15. The summed E-state index contributed by atoms with van der Waals surface area (Å²) in [5, 5.41) is 8.44. The van der Waals surface area contributed by atoms with E-state index in [-0.39, 0.29) is 5.97 Å². The van der Waals surface area contributed by atoms with E-state index < -0.39 is 0 Å². The van der Waals surface area contributed by atoms with Crippen molar-refractivity contribution < 1.29 is 14.3 Å². The van der Waals surface area contributed by atoms with E-state index in [1.807, 2.05) is 54.6 Å². The minimum Gasteiger partial charge on any atom is -0.457 e. The van der Waals surface area contributed by atoms with Crippen molar-refractivity contribution in [1.82, 2.24) is 0 Å². The van der Waals surface area contributed by atoms with Crippen LogP contribution in [-0.2, 0) is 4.79 Å². The van der Waals surface area contributed by atoms with Gasteiger partial charge in [-0.25, -0.2) is 0 Å². The van der Waals surface area contributed by atoms with E-state index >= 15 is 0 Å². The highest BCUT2D eigenvalue weighted by Gasteiger charge is 2.04. The van der Waals surface area contributed by atoms with E-state index in [0.29, 0.717) is 17.9 Å². The van der Waals surface area contributed by atoms with Gasteiger partial charge in [0.2, 0.25) is 0 Å². The Hall–Kier alpha value is -3.47. The van der Waals surface area contributed by atoms with Gasteiger partial charge in [0.05, 0.1) is 11.4 Å². The average molecular weight is 388 g/mol. The molecule has 0 fully saturated rings. The molecule has 0 N–H and O–H groups in total.